The molecule has 5 nitrogen and oxygen atoms in total. The van der Waals surface area contributed by atoms with Gasteiger partial charge in [-0.1, -0.05) is 17.7 Å². The van der Waals surface area contributed by atoms with Gasteiger partial charge in [-0.05, 0) is 42.5 Å². The molecule has 0 N–H and O–H groups in total. The maximum atomic E-state index is 13.0. The lowest BCUT2D eigenvalue weighted by Crippen LogP contribution is -2.48. The van der Waals surface area contributed by atoms with Gasteiger partial charge in [0.2, 0.25) is 0 Å². The van der Waals surface area contributed by atoms with E-state index in [0.29, 0.717) is 35.1 Å². The molecule has 28 heavy (non-hydrogen) atoms. The molecular formula is C21H18ClFN4O. The van der Waals surface area contributed by atoms with Crippen molar-refractivity contribution in [3.8, 4) is 11.4 Å². The molecule has 0 bridgehead atoms. The van der Waals surface area contributed by atoms with Crippen LogP contribution in [0.1, 0.15) is 10.4 Å². The van der Waals surface area contributed by atoms with E-state index in [9.17, 15) is 9.18 Å². The number of carbonyl (C=O) groups is 1. The van der Waals surface area contributed by atoms with Crippen molar-refractivity contribution in [2.75, 3.05) is 31.1 Å². The minimum atomic E-state index is -0.313. The van der Waals surface area contributed by atoms with Gasteiger partial charge in [0.15, 0.2) is 5.82 Å². The van der Waals surface area contributed by atoms with E-state index in [-0.39, 0.29) is 11.7 Å². The van der Waals surface area contributed by atoms with Crippen molar-refractivity contribution >= 4 is 23.2 Å². The first-order valence-electron chi connectivity index (χ1n) is 8.98. The third kappa shape index (κ3) is 3.97. The lowest BCUT2D eigenvalue weighted by Gasteiger charge is -2.36. The summed E-state index contributed by atoms with van der Waals surface area (Å²) in [5.74, 6) is 0.0613. The van der Waals surface area contributed by atoms with Crippen LogP contribution >= 0.6 is 11.6 Å². The van der Waals surface area contributed by atoms with Crippen LogP contribution in [-0.2, 0) is 0 Å². The van der Waals surface area contributed by atoms with E-state index in [1.807, 2.05) is 24.3 Å². The van der Waals surface area contributed by atoms with Crippen LogP contribution in [0, 0.1) is 5.82 Å². The number of nitrogens with zero attached hydrogens (tertiary/aromatic N) is 4. The second-order valence-corrected chi connectivity index (χ2v) is 7.00. The van der Waals surface area contributed by atoms with Gasteiger partial charge in [-0.3, -0.25) is 4.79 Å². The molecule has 1 aromatic heterocycles. The van der Waals surface area contributed by atoms with Gasteiger partial charge in [0, 0.05) is 54.8 Å². The van der Waals surface area contributed by atoms with Gasteiger partial charge < -0.3 is 9.80 Å². The van der Waals surface area contributed by atoms with Crippen molar-refractivity contribution in [1.29, 1.82) is 0 Å². The summed E-state index contributed by atoms with van der Waals surface area (Å²) in [5.41, 5.74) is 2.21. The Morgan fingerprint density at radius 1 is 0.964 bits per heavy atom. The molecule has 142 valence electrons. The van der Waals surface area contributed by atoms with Crippen molar-refractivity contribution < 1.29 is 9.18 Å². The average Bonchev–Trinajstić information content (AvgIpc) is 2.74. The number of hydrogen-bond acceptors (Lipinski definition) is 4. The van der Waals surface area contributed by atoms with Crippen molar-refractivity contribution in [2.45, 2.75) is 0 Å². The first kappa shape index (κ1) is 18.4. The van der Waals surface area contributed by atoms with Gasteiger partial charge in [0.1, 0.15) is 5.82 Å². The molecule has 1 fully saturated rings. The summed E-state index contributed by atoms with van der Waals surface area (Å²) in [6.07, 6.45) is 3.05. The average molecular weight is 397 g/mol. The molecule has 0 spiro atoms. The van der Waals surface area contributed by atoms with E-state index in [0.717, 1.165) is 18.8 Å². The van der Waals surface area contributed by atoms with E-state index in [1.165, 1.54) is 24.5 Å². The maximum Gasteiger partial charge on any atom is 0.257 e. The summed E-state index contributed by atoms with van der Waals surface area (Å²) >= 11 is 6.06. The molecule has 4 rings (SSSR count). The molecule has 0 saturated carbocycles. The maximum absolute atomic E-state index is 13.0. The Morgan fingerprint density at radius 3 is 2.29 bits per heavy atom. The number of benzene rings is 2. The summed E-state index contributed by atoms with van der Waals surface area (Å²) in [5, 5.41) is 0.703. The minimum absolute atomic E-state index is 0.0867. The lowest BCUT2D eigenvalue weighted by atomic mass is 10.2. The van der Waals surface area contributed by atoms with Crippen molar-refractivity contribution in [3.63, 3.8) is 0 Å². The molecule has 1 saturated heterocycles. The fraction of sp³-hybridized carbons (Fsp3) is 0.190. The van der Waals surface area contributed by atoms with Gasteiger partial charge in [-0.25, -0.2) is 14.4 Å². The number of halogens is 2. The standard InChI is InChI=1S/C21H18ClFN4O/c22-17-2-1-3-19(12-17)26-8-10-27(11-9-26)21(28)16-13-24-20(25-14-16)15-4-6-18(23)7-5-15/h1-7,12-14H,8-11H2. The first-order valence-corrected chi connectivity index (χ1v) is 9.36. The number of hydrogen-bond donors (Lipinski definition) is 0. The fourth-order valence-electron chi connectivity index (χ4n) is 3.21. The number of rotatable bonds is 3. The predicted molar refractivity (Wildman–Crippen MR) is 107 cm³/mol. The molecule has 7 heteroatoms. The first-order chi connectivity index (χ1) is 13.6. The van der Waals surface area contributed by atoms with E-state index < -0.39 is 0 Å². The van der Waals surface area contributed by atoms with Crippen LogP contribution in [0.3, 0.4) is 0 Å². The zero-order valence-electron chi connectivity index (χ0n) is 15.1. The third-order valence-electron chi connectivity index (χ3n) is 4.74. The molecule has 1 aliphatic heterocycles. The third-order valence-corrected chi connectivity index (χ3v) is 4.98. The molecule has 0 unspecified atom stereocenters. The number of aromatic nitrogens is 2. The molecule has 2 aromatic carbocycles. The summed E-state index contributed by atoms with van der Waals surface area (Å²) in [6, 6.07) is 13.7. The van der Waals surface area contributed by atoms with Gasteiger partial charge in [0.25, 0.3) is 5.91 Å². The van der Waals surface area contributed by atoms with Crippen LogP contribution in [0.15, 0.2) is 60.9 Å². The number of carbonyl (C=O) groups excluding carboxylic acids is 1. The Bertz CT molecular complexity index is 970. The van der Waals surface area contributed by atoms with Crippen LogP contribution < -0.4 is 4.90 Å². The van der Waals surface area contributed by atoms with E-state index in [2.05, 4.69) is 14.9 Å². The van der Waals surface area contributed by atoms with Gasteiger partial charge in [-0.15, -0.1) is 0 Å². The number of piperazine rings is 1. The highest BCUT2D eigenvalue weighted by Crippen LogP contribution is 2.21. The van der Waals surface area contributed by atoms with Crippen molar-refractivity contribution in [2.24, 2.45) is 0 Å². The summed E-state index contributed by atoms with van der Waals surface area (Å²) in [7, 11) is 0. The molecule has 2 heterocycles. The van der Waals surface area contributed by atoms with Crippen LogP contribution in [0.5, 0.6) is 0 Å². The number of amides is 1. The second-order valence-electron chi connectivity index (χ2n) is 6.56. The Labute approximate surface area is 167 Å². The smallest absolute Gasteiger partial charge is 0.257 e. The van der Waals surface area contributed by atoms with Crippen molar-refractivity contribution in [1.82, 2.24) is 14.9 Å². The molecule has 0 radical (unpaired) electrons. The van der Waals surface area contributed by atoms with E-state index >= 15 is 0 Å². The largest absolute Gasteiger partial charge is 0.368 e. The fourth-order valence-corrected chi connectivity index (χ4v) is 3.39. The highest BCUT2D eigenvalue weighted by molar-refractivity contribution is 6.30. The van der Waals surface area contributed by atoms with Crippen molar-refractivity contribution in [3.05, 3.63) is 77.3 Å². The van der Waals surface area contributed by atoms with Crippen LogP contribution in [0.4, 0.5) is 10.1 Å². The predicted octanol–water partition coefficient (Wildman–Crippen LogP) is 3.90. The lowest BCUT2D eigenvalue weighted by molar-refractivity contribution is 0.0746. The van der Waals surface area contributed by atoms with Gasteiger partial charge >= 0.3 is 0 Å². The van der Waals surface area contributed by atoms with E-state index in [4.69, 9.17) is 11.6 Å². The minimum Gasteiger partial charge on any atom is -0.368 e. The Morgan fingerprint density at radius 2 is 1.64 bits per heavy atom. The second kappa shape index (κ2) is 7.94. The zero-order chi connectivity index (χ0) is 19.5. The van der Waals surface area contributed by atoms with Crippen LogP contribution in [-0.4, -0.2) is 47.0 Å². The van der Waals surface area contributed by atoms with E-state index in [1.54, 1.807) is 17.0 Å². The normalized spacial score (nSPS) is 14.2. The topological polar surface area (TPSA) is 49.3 Å². The molecule has 0 atom stereocenters. The summed E-state index contributed by atoms with van der Waals surface area (Å²) < 4.78 is 13.0. The highest BCUT2D eigenvalue weighted by atomic mass is 35.5. The monoisotopic (exact) mass is 396 g/mol. The highest BCUT2D eigenvalue weighted by Gasteiger charge is 2.23. The molecule has 1 aliphatic rings. The molecule has 1 amide bonds. The number of anilines is 1. The molecular weight excluding hydrogens is 379 g/mol. The quantitative estimate of drug-likeness (QED) is 0.673. The zero-order valence-corrected chi connectivity index (χ0v) is 15.8. The summed E-state index contributed by atoms with van der Waals surface area (Å²) in [4.78, 5) is 25.3. The Balaban J connectivity index is 1.40. The summed E-state index contributed by atoms with van der Waals surface area (Å²) in [6.45, 7) is 2.71. The van der Waals surface area contributed by atoms with Crippen LogP contribution in [0.25, 0.3) is 11.4 Å². The Hall–Kier alpha value is -2.99. The van der Waals surface area contributed by atoms with Gasteiger partial charge in [0.05, 0.1) is 5.56 Å². The van der Waals surface area contributed by atoms with Crippen LogP contribution in [0.2, 0.25) is 5.02 Å². The van der Waals surface area contributed by atoms with Gasteiger partial charge in [-0.2, -0.15) is 0 Å². The Kier molecular flexibility index (Phi) is 5.21. The molecule has 0 aliphatic carbocycles. The SMILES string of the molecule is O=C(c1cnc(-c2ccc(F)cc2)nc1)N1CCN(c2cccc(Cl)c2)CC1. The molecule has 3 aromatic rings.